The van der Waals surface area contributed by atoms with E-state index in [0.29, 0.717) is 10.7 Å². The maximum absolute atomic E-state index is 11.2. The molecule has 1 rings (SSSR count). The number of carboxylic acid groups (broad SMARTS) is 1. The smallest absolute Gasteiger partial charge is 0.311 e. The van der Waals surface area contributed by atoms with E-state index in [1.807, 2.05) is 20.8 Å². The van der Waals surface area contributed by atoms with Gasteiger partial charge in [0, 0.05) is 17.6 Å². The second-order valence-electron chi connectivity index (χ2n) is 6.01. The molecule has 0 saturated heterocycles. The van der Waals surface area contributed by atoms with Crippen molar-refractivity contribution in [2.45, 2.75) is 38.6 Å². The number of carbonyl (C=O) groups is 2. The molecule has 0 aliphatic heterocycles. The Kier molecular flexibility index (Phi) is 5.87. The molecular weight excluding hydrogens is 302 g/mol. The minimum Gasteiger partial charge on any atom is -0.481 e. The highest BCUT2D eigenvalue weighted by Gasteiger charge is 2.22. The molecule has 0 spiro atoms. The van der Waals surface area contributed by atoms with Crippen LogP contribution in [0.5, 0.6) is 0 Å². The molecule has 0 saturated carbocycles. The lowest BCUT2D eigenvalue weighted by atomic mass is 9.95. The van der Waals surface area contributed by atoms with E-state index in [9.17, 15) is 9.59 Å². The average Bonchev–Trinajstić information content (AvgIpc) is 2.34. The Labute approximate surface area is 135 Å². The lowest BCUT2D eigenvalue weighted by Crippen LogP contribution is -2.42. The van der Waals surface area contributed by atoms with E-state index in [-0.39, 0.29) is 12.0 Å². The summed E-state index contributed by atoms with van der Waals surface area (Å²) in [7, 11) is 0. The zero-order valence-corrected chi connectivity index (χ0v) is 13.7. The number of hydrogen-bond donors (Lipinski definition) is 4. The molecule has 0 aliphatic rings. The van der Waals surface area contributed by atoms with Crippen LogP contribution in [0.15, 0.2) is 24.3 Å². The van der Waals surface area contributed by atoms with Crippen molar-refractivity contribution in [3.63, 3.8) is 0 Å². The maximum Gasteiger partial charge on any atom is 0.311 e. The van der Waals surface area contributed by atoms with Gasteiger partial charge in [-0.25, -0.2) is 0 Å². The van der Waals surface area contributed by atoms with Gasteiger partial charge in [0.15, 0.2) is 5.11 Å². The summed E-state index contributed by atoms with van der Waals surface area (Å²) in [5.74, 6) is -2.67. The van der Waals surface area contributed by atoms with Crippen molar-refractivity contribution in [1.82, 2.24) is 5.32 Å². The Morgan fingerprint density at radius 1 is 1.27 bits per heavy atom. The third-order valence-corrected chi connectivity index (χ3v) is 2.97. The van der Waals surface area contributed by atoms with Crippen molar-refractivity contribution >= 4 is 34.9 Å². The number of anilines is 1. The van der Waals surface area contributed by atoms with Crippen LogP contribution in [0.1, 0.15) is 38.7 Å². The number of nitrogens with two attached hydrogens (primary N) is 1. The highest BCUT2D eigenvalue weighted by molar-refractivity contribution is 7.80. The van der Waals surface area contributed by atoms with E-state index < -0.39 is 17.8 Å². The zero-order chi connectivity index (χ0) is 16.9. The number of amides is 1. The SMILES string of the molecule is CC(C)(C)NC(=S)Nc1ccc(C(CC(N)=O)C(=O)O)cc1. The van der Waals surface area contributed by atoms with Gasteiger partial charge in [-0.05, 0) is 50.7 Å². The van der Waals surface area contributed by atoms with Gasteiger partial charge in [-0.15, -0.1) is 0 Å². The van der Waals surface area contributed by atoms with Crippen molar-refractivity contribution in [2.75, 3.05) is 5.32 Å². The molecule has 0 radical (unpaired) electrons. The van der Waals surface area contributed by atoms with Crippen LogP contribution in [0.2, 0.25) is 0 Å². The number of primary amides is 1. The number of carboxylic acids is 1. The average molecular weight is 323 g/mol. The summed E-state index contributed by atoms with van der Waals surface area (Å²) in [4.78, 5) is 22.2. The minimum atomic E-state index is -1.08. The fraction of sp³-hybridized carbons (Fsp3) is 0.400. The first-order valence-electron chi connectivity index (χ1n) is 6.79. The Bertz CT molecular complexity index is 564. The highest BCUT2D eigenvalue weighted by atomic mass is 32.1. The van der Waals surface area contributed by atoms with E-state index in [1.54, 1.807) is 24.3 Å². The third kappa shape index (κ3) is 6.09. The van der Waals surface area contributed by atoms with Crippen LogP contribution < -0.4 is 16.4 Å². The fourth-order valence-electron chi connectivity index (χ4n) is 1.85. The maximum atomic E-state index is 11.2. The first-order valence-corrected chi connectivity index (χ1v) is 7.19. The fourth-order valence-corrected chi connectivity index (χ4v) is 2.27. The molecule has 1 atom stereocenters. The van der Waals surface area contributed by atoms with Crippen LogP contribution in [-0.4, -0.2) is 27.6 Å². The topological polar surface area (TPSA) is 104 Å². The summed E-state index contributed by atoms with van der Waals surface area (Å²) in [5.41, 5.74) is 6.18. The summed E-state index contributed by atoms with van der Waals surface area (Å²) < 4.78 is 0. The first kappa shape index (κ1) is 17.9. The van der Waals surface area contributed by atoms with E-state index in [0.717, 1.165) is 5.69 Å². The van der Waals surface area contributed by atoms with E-state index >= 15 is 0 Å². The number of benzene rings is 1. The van der Waals surface area contributed by atoms with Gasteiger partial charge in [-0.2, -0.15) is 0 Å². The third-order valence-electron chi connectivity index (χ3n) is 2.76. The van der Waals surface area contributed by atoms with Gasteiger partial charge in [0.2, 0.25) is 5.91 Å². The molecule has 6 nitrogen and oxygen atoms in total. The van der Waals surface area contributed by atoms with Crippen LogP contribution in [0.4, 0.5) is 5.69 Å². The lowest BCUT2D eigenvalue weighted by molar-refractivity contribution is -0.140. The van der Waals surface area contributed by atoms with E-state index in [1.165, 1.54) is 0 Å². The van der Waals surface area contributed by atoms with Crippen molar-refractivity contribution in [3.8, 4) is 0 Å². The predicted octanol–water partition coefficient (Wildman–Crippen LogP) is 1.82. The molecule has 0 fully saturated rings. The van der Waals surface area contributed by atoms with Crippen LogP contribution in [0, 0.1) is 0 Å². The molecule has 1 aromatic carbocycles. The summed E-state index contributed by atoms with van der Waals surface area (Å²) >= 11 is 5.19. The second kappa shape index (κ2) is 7.22. The number of thiocarbonyl (C=S) groups is 1. The minimum absolute atomic E-state index is 0.153. The molecule has 0 aliphatic carbocycles. The van der Waals surface area contributed by atoms with Crippen LogP contribution >= 0.6 is 12.2 Å². The van der Waals surface area contributed by atoms with Gasteiger partial charge in [0.05, 0.1) is 5.92 Å². The molecule has 120 valence electrons. The summed E-state index contributed by atoms with van der Waals surface area (Å²) in [6.07, 6.45) is -0.230. The predicted molar refractivity (Wildman–Crippen MR) is 89.7 cm³/mol. The molecule has 1 amide bonds. The monoisotopic (exact) mass is 323 g/mol. The van der Waals surface area contributed by atoms with E-state index in [4.69, 9.17) is 23.1 Å². The first-order chi connectivity index (χ1) is 10.1. The number of nitrogens with one attached hydrogen (secondary N) is 2. The molecule has 0 aromatic heterocycles. The zero-order valence-electron chi connectivity index (χ0n) is 12.8. The number of aliphatic carboxylic acids is 1. The Morgan fingerprint density at radius 2 is 1.82 bits per heavy atom. The summed E-state index contributed by atoms with van der Waals surface area (Å²) in [6, 6.07) is 6.71. The molecule has 5 N–H and O–H groups in total. The van der Waals surface area contributed by atoms with Crippen LogP contribution in [-0.2, 0) is 9.59 Å². The Balaban J connectivity index is 2.79. The van der Waals surface area contributed by atoms with Crippen molar-refractivity contribution in [3.05, 3.63) is 29.8 Å². The molecule has 22 heavy (non-hydrogen) atoms. The van der Waals surface area contributed by atoms with Crippen molar-refractivity contribution < 1.29 is 14.7 Å². The molecule has 1 aromatic rings. The summed E-state index contributed by atoms with van der Waals surface area (Å²) in [6.45, 7) is 5.97. The quantitative estimate of drug-likeness (QED) is 0.616. The van der Waals surface area contributed by atoms with Crippen molar-refractivity contribution in [2.24, 2.45) is 5.73 Å². The van der Waals surface area contributed by atoms with Crippen LogP contribution in [0.25, 0.3) is 0 Å². The largest absolute Gasteiger partial charge is 0.481 e. The van der Waals surface area contributed by atoms with Crippen molar-refractivity contribution in [1.29, 1.82) is 0 Å². The number of carbonyl (C=O) groups excluding carboxylic acids is 1. The van der Waals surface area contributed by atoms with E-state index in [2.05, 4.69) is 10.6 Å². The normalized spacial score (nSPS) is 12.3. The van der Waals surface area contributed by atoms with Gasteiger partial charge < -0.3 is 21.5 Å². The molecule has 1 unspecified atom stereocenters. The molecular formula is C15H21N3O3S. The highest BCUT2D eigenvalue weighted by Crippen LogP contribution is 2.22. The molecule has 0 bridgehead atoms. The van der Waals surface area contributed by atoms with Gasteiger partial charge in [-0.3, -0.25) is 9.59 Å². The Morgan fingerprint density at radius 3 is 2.23 bits per heavy atom. The van der Waals surface area contributed by atoms with Crippen LogP contribution in [0.3, 0.4) is 0 Å². The summed E-state index contributed by atoms with van der Waals surface area (Å²) in [5, 5.41) is 15.8. The number of hydrogen-bond acceptors (Lipinski definition) is 3. The lowest BCUT2D eigenvalue weighted by Gasteiger charge is -2.23. The second-order valence-corrected chi connectivity index (χ2v) is 6.42. The van der Waals surface area contributed by atoms with Gasteiger partial charge in [0.1, 0.15) is 0 Å². The van der Waals surface area contributed by atoms with Gasteiger partial charge >= 0.3 is 5.97 Å². The van der Waals surface area contributed by atoms with Gasteiger partial charge in [-0.1, -0.05) is 12.1 Å². The number of rotatable bonds is 5. The van der Waals surface area contributed by atoms with Gasteiger partial charge in [0.25, 0.3) is 0 Å². The molecule has 0 heterocycles. The Hall–Kier alpha value is -2.15. The molecule has 7 heteroatoms. The standard InChI is InChI=1S/C15H21N3O3S/c1-15(2,3)18-14(22)17-10-6-4-9(5-7-10)11(13(20)21)8-12(16)19/h4-7,11H,8H2,1-3H3,(H2,16,19)(H,20,21)(H2,17,18,22).